The van der Waals surface area contributed by atoms with Crippen molar-refractivity contribution in [2.75, 3.05) is 6.54 Å². The molecule has 3 nitrogen and oxygen atoms in total. The van der Waals surface area contributed by atoms with Crippen molar-refractivity contribution < 1.29 is 9.53 Å². The van der Waals surface area contributed by atoms with Crippen LogP contribution in [-0.4, -0.2) is 18.6 Å². The molecule has 0 aliphatic rings. The maximum atomic E-state index is 12.2. The fourth-order valence-corrected chi connectivity index (χ4v) is 2.32. The summed E-state index contributed by atoms with van der Waals surface area (Å²) >= 11 is 5.86. The van der Waals surface area contributed by atoms with Crippen molar-refractivity contribution in [3.8, 4) is 5.75 Å². The largest absolute Gasteiger partial charge is 0.481 e. The second-order valence-electron chi connectivity index (χ2n) is 5.50. The fraction of sp³-hybridized carbons (Fsp3) is 0.316. The Morgan fingerprint density at radius 2 is 1.78 bits per heavy atom. The minimum atomic E-state index is -0.470. The van der Waals surface area contributed by atoms with Crippen LogP contribution in [-0.2, 0) is 11.2 Å². The van der Waals surface area contributed by atoms with Crippen LogP contribution in [0.4, 0.5) is 0 Å². The van der Waals surface area contributed by atoms with Gasteiger partial charge in [0.1, 0.15) is 5.75 Å². The summed E-state index contributed by atoms with van der Waals surface area (Å²) < 4.78 is 5.77. The summed E-state index contributed by atoms with van der Waals surface area (Å²) in [5.41, 5.74) is 2.31. The maximum Gasteiger partial charge on any atom is 0.261 e. The van der Waals surface area contributed by atoms with Crippen molar-refractivity contribution in [1.82, 2.24) is 5.32 Å². The number of amides is 1. The third-order valence-electron chi connectivity index (χ3n) is 3.59. The number of hydrogen-bond donors (Lipinski definition) is 1. The van der Waals surface area contributed by atoms with Crippen molar-refractivity contribution in [2.24, 2.45) is 0 Å². The van der Waals surface area contributed by atoms with Crippen molar-refractivity contribution >= 4 is 17.5 Å². The minimum Gasteiger partial charge on any atom is -0.481 e. The Balaban J connectivity index is 1.82. The lowest BCUT2D eigenvalue weighted by Gasteiger charge is -2.17. The molecule has 0 aliphatic heterocycles. The molecule has 0 saturated carbocycles. The summed E-state index contributed by atoms with van der Waals surface area (Å²) in [5.74, 6) is 0.636. The van der Waals surface area contributed by atoms with Gasteiger partial charge < -0.3 is 10.1 Å². The highest BCUT2D eigenvalue weighted by molar-refractivity contribution is 6.30. The topological polar surface area (TPSA) is 38.3 Å². The van der Waals surface area contributed by atoms with Crippen LogP contribution in [0.3, 0.4) is 0 Å². The molecular formula is C19H22ClNO2. The van der Waals surface area contributed by atoms with E-state index in [1.807, 2.05) is 62.4 Å². The zero-order valence-corrected chi connectivity index (χ0v) is 14.3. The first-order valence-corrected chi connectivity index (χ1v) is 8.21. The molecule has 0 aromatic heterocycles. The number of halogens is 1. The number of nitrogens with one attached hydrogen (secondary N) is 1. The summed E-state index contributed by atoms with van der Waals surface area (Å²) in [6.07, 6.45) is 0.924. The summed E-state index contributed by atoms with van der Waals surface area (Å²) in [6.45, 7) is 4.54. The van der Waals surface area contributed by atoms with Crippen LogP contribution >= 0.6 is 11.6 Å². The van der Waals surface area contributed by atoms with Gasteiger partial charge in [0, 0.05) is 11.6 Å². The van der Waals surface area contributed by atoms with Gasteiger partial charge in [-0.1, -0.05) is 48.4 Å². The van der Waals surface area contributed by atoms with Crippen LogP contribution in [0.5, 0.6) is 5.75 Å². The Morgan fingerprint density at radius 1 is 1.13 bits per heavy atom. The highest BCUT2D eigenvalue weighted by Gasteiger charge is 2.17. The number of hydrogen-bond acceptors (Lipinski definition) is 2. The highest BCUT2D eigenvalue weighted by atomic mass is 35.5. The molecule has 0 fully saturated rings. The van der Waals surface area contributed by atoms with Crippen LogP contribution in [0, 0.1) is 6.92 Å². The first-order chi connectivity index (χ1) is 11.1. The van der Waals surface area contributed by atoms with E-state index >= 15 is 0 Å². The summed E-state index contributed by atoms with van der Waals surface area (Å²) in [6, 6.07) is 15.4. The monoisotopic (exact) mass is 331 g/mol. The molecule has 0 bridgehead atoms. The van der Waals surface area contributed by atoms with Gasteiger partial charge in [-0.3, -0.25) is 4.79 Å². The lowest BCUT2D eigenvalue weighted by atomic mass is 10.1. The third kappa shape index (κ3) is 5.61. The number of ether oxygens (including phenoxy) is 1. The SMILES string of the molecule is CC[C@H](Oc1ccc(C)cc1)C(=O)NCCc1ccc(Cl)cc1. The summed E-state index contributed by atoms with van der Waals surface area (Å²) in [5, 5.41) is 3.65. The Labute approximate surface area is 142 Å². The Bertz CT molecular complexity index is 623. The molecule has 2 aromatic rings. The van der Waals surface area contributed by atoms with Crippen molar-refractivity contribution in [1.29, 1.82) is 0 Å². The van der Waals surface area contributed by atoms with Crippen LogP contribution in [0.1, 0.15) is 24.5 Å². The summed E-state index contributed by atoms with van der Waals surface area (Å²) in [7, 11) is 0. The molecule has 0 unspecified atom stereocenters. The molecule has 0 spiro atoms. The number of aryl methyl sites for hydroxylation is 1. The van der Waals surface area contributed by atoms with Crippen LogP contribution < -0.4 is 10.1 Å². The number of carbonyl (C=O) groups is 1. The summed E-state index contributed by atoms with van der Waals surface area (Å²) in [4.78, 5) is 12.2. The Hall–Kier alpha value is -2.00. The second kappa shape index (κ2) is 8.59. The third-order valence-corrected chi connectivity index (χ3v) is 3.84. The molecule has 0 radical (unpaired) electrons. The zero-order chi connectivity index (χ0) is 16.7. The van der Waals surface area contributed by atoms with E-state index in [-0.39, 0.29) is 5.91 Å². The number of rotatable bonds is 7. The molecule has 1 atom stereocenters. The van der Waals surface area contributed by atoms with Gasteiger partial charge in [-0.15, -0.1) is 0 Å². The average Bonchev–Trinajstić information content (AvgIpc) is 2.56. The van der Waals surface area contributed by atoms with Gasteiger partial charge in [0.25, 0.3) is 5.91 Å². The lowest BCUT2D eigenvalue weighted by molar-refractivity contribution is -0.128. The minimum absolute atomic E-state index is 0.0814. The predicted octanol–water partition coefficient (Wildman–Crippen LogP) is 4.16. The van der Waals surface area contributed by atoms with Gasteiger partial charge in [-0.05, 0) is 49.6 Å². The van der Waals surface area contributed by atoms with Crippen LogP contribution in [0.25, 0.3) is 0 Å². The van der Waals surface area contributed by atoms with E-state index in [0.717, 1.165) is 28.3 Å². The molecule has 0 aliphatic carbocycles. The molecule has 0 saturated heterocycles. The average molecular weight is 332 g/mol. The van der Waals surface area contributed by atoms with E-state index in [1.54, 1.807) is 0 Å². The first kappa shape index (κ1) is 17.4. The normalized spacial score (nSPS) is 11.8. The molecule has 2 rings (SSSR count). The highest BCUT2D eigenvalue weighted by Crippen LogP contribution is 2.15. The molecular weight excluding hydrogens is 310 g/mol. The number of benzene rings is 2. The van der Waals surface area contributed by atoms with Crippen molar-refractivity contribution in [3.05, 3.63) is 64.7 Å². The number of carbonyl (C=O) groups excluding carboxylic acids is 1. The Morgan fingerprint density at radius 3 is 2.39 bits per heavy atom. The van der Waals surface area contributed by atoms with Crippen LogP contribution in [0.15, 0.2) is 48.5 Å². The molecule has 1 amide bonds. The molecule has 0 heterocycles. The van der Waals surface area contributed by atoms with Gasteiger partial charge >= 0.3 is 0 Å². The molecule has 23 heavy (non-hydrogen) atoms. The standard InChI is InChI=1S/C19H22ClNO2/c1-3-18(23-17-10-4-14(2)5-11-17)19(22)21-13-12-15-6-8-16(20)9-7-15/h4-11,18H,3,12-13H2,1-2H3,(H,21,22)/t18-/m0/s1. The predicted molar refractivity (Wildman–Crippen MR) is 94.1 cm³/mol. The van der Waals surface area contributed by atoms with E-state index in [2.05, 4.69) is 5.32 Å². The van der Waals surface area contributed by atoms with Crippen LogP contribution in [0.2, 0.25) is 5.02 Å². The molecule has 1 N–H and O–H groups in total. The molecule has 4 heteroatoms. The van der Waals surface area contributed by atoms with Crippen molar-refractivity contribution in [3.63, 3.8) is 0 Å². The van der Waals surface area contributed by atoms with Gasteiger partial charge in [-0.2, -0.15) is 0 Å². The molecule has 122 valence electrons. The van der Waals surface area contributed by atoms with E-state index < -0.39 is 6.10 Å². The maximum absolute atomic E-state index is 12.2. The van der Waals surface area contributed by atoms with Crippen molar-refractivity contribution in [2.45, 2.75) is 32.8 Å². The lowest BCUT2D eigenvalue weighted by Crippen LogP contribution is -2.38. The first-order valence-electron chi connectivity index (χ1n) is 7.84. The Kier molecular flexibility index (Phi) is 6.48. The van der Waals surface area contributed by atoms with Gasteiger partial charge in [-0.25, -0.2) is 0 Å². The van der Waals surface area contributed by atoms with Gasteiger partial charge in [0.15, 0.2) is 6.10 Å². The second-order valence-corrected chi connectivity index (χ2v) is 5.93. The zero-order valence-electron chi connectivity index (χ0n) is 13.5. The van der Waals surface area contributed by atoms with E-state index in [0.29, 0.717) is 13.0 Å². The van der Waals surface area contributed by atoms with E-state index in [4.69, 9.17) is 16.3 Å². The van der Waals surface area contributed by atoms with Gasteiger partial charge in [0.2, 0.25) is 0 Å². The van der Waals surface area contributed by atoms with E-state index in [1.165, 1.54) is 0 Å². The van der Waals surface area contributed by atoms with Gasteiger partial charge in [0.05, 0.1) is 0 Å². The van der Waals surface area contributed by atoms with E-state index in [9.17, 15) is 4.79 Å². The quantitative estimate of drug-likeness (QED) is 0.827. The smallest absolute Gasteiger partial charge is 0.261 e. The molecule has 2 aromatic carbocycles. The fourth-order valence-electron chi connectivity index (χ4n) is 2.20.